The minimum atomic E-state index is -0.0697. The largest absolute Gasteiger partial charge is 0.384 e. The van der Waals surface area contributed by atoms with Crippen LogP contribution in [0.5, 0.6) is 0 Å². The highest BCUT2D eigenvalue weighted by molar-refractivity contribution is 8.18. The number of aliphatic imine (C=N–C) groups is 1. The monoisotopic (exact) mass is 496 g/mol. The maximum Gasteiger partial charge on any atom is 0.268 e. The summed E-state index contributed by atoms with van der Waals surface area (Å²) in [7, 11) is 0. The van der Waals surface area contributed by atoms with Gasteiger partial charge in [-0.05, 0) is 67.4 Å². The molecule has 1 amide bonds. The Morgan fingerprint density at radius 2 is 1.86 bits per heavy atom. The third-order valence-corrected chi connectivity index (χ3v) is 7.25. The van der Waals surface area contributed by atoms with Crippen molar-refractivity contribution in [3.05, 3.63) is 101 Å². The highest BCUT2D eigenvalue weighted by Crippen LogP contribution is 2.38. The van der Waals surface area contributed by atoms with E-state index in [-0.39, 0.29) is 11.7 Å². The average Bonchev–Trinajstić information content (AvgIpc) is 3.42. The molecule has 3 aromatic rings. The Morgan fingerprint density at radius 3 is 2.64 bits per heavy atom. The van der Waals surface area contributed by atoms with E-state index in [1.54, 1.807) is 24.0 Å². The number of amidine groups is 1. The second-order valence-corrected chi connectivity index (χ2v) is 9.77. The molecule has 5 rings (SSSR count). The number of carbonyl (C=O) groups is 2. The van der Waals surface area contributed by atoms with Gasteiger partial charge in [-0.15, -0.1) is 0 Å². The number of rotatable bonds is 7. The quantitative estimate of drug-likeness (QED) is 0.322. The molecule has 182 valence electrons. The summed E-state index contributed by atoms with van der Waals surface area (Å²) in [6, 6.07) is 23.7. The number of benzene rings is 3. The lowest BCUT2D eigenvalue weighted by Gasteiger charge is -2.17. The number of nitrogens with one attached hydrogen (secondary N) is 1. The van der Waals surface area contributed by atoms with Crippen molar-refractivity contribution >= 4 is 45.7 Å². The lowest BCUT2D eigenvalue weighted by atomic mass is 10.1. The van der Waals surface area contributed by atoms with Crippen LogP contribution in [0, 0.1) is 0 Å². The number of Topliss-reactive ketones (excluding diaryl/α,β-unsaturated/α-hetero) is 1. The zero-order valence-corrected chi connectivity index (χ0v) is 21.2. The number of fused-ring (bicyclic) bond motifs is 1. The normalized spacial score (nSPS) is 17.2. The van der Waals surface area contributed by atoms with Crippen LogP contribution >= 0.6 is 11.8 Å². The number of nitrogens with zero attached hydrogens (tertiary/aromatic N) is 3. The summed E-state index contributed by atoms with van der Waals surface area (Å²) < 4.78 is 0. The predicted octanol–water partition coefficient (Wildman–Crippen LogP) is 5.99. The van der Waals surface area contributed by atoms with Crippen LogP contribution in [0.1, 0.15) is 35.3 Å². The number of ketones is 1. The van der Waals surface area contributed by atoms with E-state index in [0.29, 0.717) is 27.9 Å². The van der Waals surface area contributed by atoms with Crippen LogP contribution in [-0.4, -0.2) is 34.8 Å². The van der Waals surface area contributed by atoms with Gasteiger partial charge >= 0.3 is 0 Å². The van der Waals surface area contributed by atoms with Crippen molar-refractivity contribution in [1.82, 2.24) is 4.90 Å². The predicted molar refractivity (Wildman–Crippen MR) is 148 cm³/mol. The van der Waals surface area contributed by atoms with E-state index in [4.69, 9.17) is 4.99 Å². The highest BCUT2D eigenvalue weighted by atomic mass is 32.2. The lowest BCUT2D eigenvalue weighted by Crippen LogP contribution is -2.29. The molecular formula is C29H28N4O2S. The van der Waals surface area contributed by atoms with Gasteiger partial charge in [0, 0.05) is 30.5 Å². The Morgan fingerprint density at radius 1 is 1.08 bits per heavy atom. The fourth-order valence-corrected chi connectivity index (χ4v) is 5.39. The van der Waals surface area contributed by atoms with Gasteiger partial charge in [0.15, 0.2) is 11.0 Å². The van der Waals surface area contributed by atoms with Gasteiger partial charge < -0.3 is 10.2 Å². The molecule has 0 aromatic heterocycles. The molecule has 0 radical (unpaired) electrons. The van der Waals surface area contributed by atoms with Crippen molar-refractivity contribution in [2.24, 2.45) is 4.99 Å². The van der Waals surface area contributed by atoms with E-state index in [1.165, 1.54) is 17.3 Å². The maximum atomic E-state index is 13.7. The molecule has 2 heterocycles. The van der Waals surface area contributed by atoms with Gasteiger partial charge in [0.2, 0.25) is 0 Å². The summed E-state index contributed by atoms with van der Waals surface area (Å²) in [6.45, 7) is 5.54. The van der Waals surface area contributed by atoms with Gasteiger partial charge in [-0.2, -0.15) is 0 Å². The minimum Gasteiger partial charge on any atom is -0.384 e. The van der Waals surface area contributed by atoms with E-state index in [2.05, 4.69) is 22.3 Å². The van der Waals surface area contributed by atoms with Crippen LogP contribution < -0.4 is 10.2 Å². The molecule has 7 heteroatoms. The third kappa shape index (κ3) is 4.93. The molecular weight excluding hydrogens is 468 g/mol. The number of thioether (sulfide) groups is 1. The van der Waals surface area contributed by atoms with Crippen molar-refractivity contribution in [3.63, 3.8) is 0 Å². The van der Waals surface area contributed by atoms with Crippen molar-refractivity contribution in [1.29, 1.82) is 0 Å². The molecule has 0 aliphatic carbocycles. The number of para-hydroxylation sites is 1. The SMILES string of the molecule is CCNc1ccc(C(C)=O)cc1/N=C1/S/C(=C/N2CCc3ccccc32)C(=O)N1Cc1ccccc1. The summed E-state index contributed by atoms with van der Waals surface area (Å²) in [6.07, 6.45) is 2.91. The molecule has 2 aliphatic rings. The molecule has 0 bridgehead atoms. The molecule has 0 saturated carbocycles. The standard InChI is InChI=1S/C29H28N4O2S/c1-3-30-24-14-13-23(20(2)34)17-25(24)31-29-33(18-21-9-5-4-6-10-21)28(35)27(36-29)19-32-16-15-22-11-7-8-12-26(22)32/h4-14,17,19,30H,3,15-16,18H2,1-2H3/b27-19+,31-29+. The highest BCUT2D eigenvalue weighted by Gasteiger charge is 2.35. The first-order valence-electron chi connectivity index (χ1n) is 12.1. The second-order valence-electron chi connectivity index (χ2n) is 8.76. The molecule has 36 heavy (non-hydrogen) atoms. The summed E-state index contributed by atoms with van der Waals surface area (Å²) in [5.74, 6) is -0.0937. The first kappa shape index (κ1) is 23.9. The fourth-order valence-electron chi connectivity index (χ4n) is 4.41. The second kappa shape index (κ2) is 10.4. The zero-order chi connectivity index (χ0) is 25.1. The number of anilines is 2. The van der Waals surface area contributed by atoms with Crippen LogP contribution in [0.25, 0.3) is 0 Å². The molecule has 1 fully saturated rings. The summed E-state index contributed by atoms with van der Waals surface area (Å²) in [5.41, 5.74) is 5.51. The first-order valence-corrected chi connectivity index (χ1v) is 12.9. The zero-order valence-electron chi connectivity index (χ0n) is 20.4. The van der Waals surface area contributed by atoms with Crippen LogP contribution in [-0.2, 0) is 17.8 Å². The molecule has 2 aliphatic heterocycles. The smallest absolute Gasteiger partial charge is 0.268 e. The molecule has 0 atom stereocenters. The van der Waals surface area contributed by atoms with Gasteiger partial charge in [0.1, 0.15) is 0 Å². The van der Waals surface area contributed by atoms with Gasteiger partial charge in [0.05, 0.1) is 22.8 Å². The van der Waals surface area contributed by atoms with Crippen LogP contribution in [0.15, 0.2) is 88.9 Å². The lowest BCUT2D eigenvalue weighted by molar-refractivity contribution is -0.122. The third-order valence-electron chi connectivity index (χ3n) is 6.26. The number of hydrogen-bond acceptors (Lipinski definition) is 6. The van der Waals surface area contributed by atoms with Gasteiger partial charge in [-0.3, -0.25) is 14.5 Å². The number of amides is 1. The molecule has 0 spiro atoms. The van der Waals surface area contributed by atoms with E-state index >= 15 is 0 Å². The number of carbonyl (C=O) groups excluding carboxylic acids is 2. The Labute approximate surface area is 215 Å². The van der Waals surface area contributed by atoms with E-state index < -0.39 is 0 Å². The molecule has 1 saturated heterocycles. The molecule has 3 aromatic carbocycles. The molecule has 0 unspecified atom stereocenters. The summed E-state index contributed by atoms with van der Waals surface area (Å²) >= 11 is 1.38. The van der Waals surface area contributed by atoms with Gasteiger partial charge in [-0.1, -0.05) is 48.5 Å². The van der Waals surface area contributed by atoms with Crippen LogP contribution in [0.3, 0.4) is 0 Å². The van der Waals surface area contributed by atoms with Crippen molar-refractivity contribution < 1.29 is 9.59 Å². The first-order chi connectivity index (χ1) is 17.5. The van der Waals surface area contributed by atoms with E-state index in [0.717, 1.165) is 36.4 Å². The van der Waals surface area contributed by atoms with Crippen molar-refractivity contribution in [2.75, 3.05) is 23.3 Å². The molecule has 1 N–H and O–H groups in total. The molecule has 6 nitrogen and oxygen atoms in total. The topological polar surface area (TPSA) is 65.0 Å². The maximum absolute atomic E-state index is 13.7. The summed E-state index contributed by atoms with van der Waals surface area (Å²) in [5, 5.41) is 3.92. The van der Waals surface area contributed by atoms with E-state index in [1.807, 2.05) is 61.7 Å². The fraction of sp³-hybridized carbons (Fsp3) is 0.207. The summed E-state index contributed by atoms with van der Waals surface area (Å²) in [4.78, 5) is 35.1. The Hall–Kier alpha value is -3.84. The Bertz CT molecular complexity index is 1370. The van der Waals surface area contributed by atoms with Crippen LogP contribution in [0.4, 0.5) is 17.1 Å². The Kier molecular flexibility index (Phi) is 6.91. The van der Waals surface area contributed by atoms with Gasteiger partial charge in [0.25, 0.3) is 5.91 Å². The van der Waals surface area contributed by atoms with Gasteiger partial charge in [-0.25, -0.2) is 4.99 Å². The van der Waals surface area contributed by atoms with Crippen LogP contribution in [0.2, 0.25) is 0 Å². The minimum absolute atomic E-state index is 0.0240. The Balaban J connectivity index is 1.54. The number of hydrogen-bond donors (Lipinski definition) is 1. The van der Waals surface area contributed by atoms with Crippen molar-refractivity contribution in [2.45, 2.75) is 26.8 Å². The van der Waals surface area contributed by atoms with Crippen molar-refractivity contribution in [3.8, 4) is 0 Å². The average molecular weight is 497 g/mol. The van der Waals surface area contributed by atoms with E-state index in [9.17, 15) is 9.59 Å².